The van der Waals surface area contributed by atoms with Crippen molar-refractivity contribution < 1.29 is 0 Å². The number of benzene rings is 2. The van der Waals surface area contributed by atoms with Gasteiger partial charge in [-0.3, -0.25) is 0 Å². The third kappa shape index (κ3) is 2.80. The molecular weight excluding hydrogens is 258 g/mol. The smallest absolute Gasteiger partial charge is 0.126 e. The highest BCUT2D eigenvalue weighted by Crippen LogP contribution is 2.23. The topological polar surface area (TPSA) is 49.6 Å². The van der Waals surface area contributed by atoms with Crippen molar-refractivity contribution in [3.63, 3.8) is 0 Å². The average molecular weight is 271 g/mol. The van der Waals surface area contributed by atoms with Gasteiger partial charge in [0.25, 0.3) is 0 Å². The second-order valence-corrected chi connectivity index (χ2v) is 4.74. The standard InChI is InChI=1S/C18H13N3/c1-13-20-17(15-5-3-2-4-6-15)11-18(21-13)16-9-7-14(12-19)8-10-16/h2-11H,1H3. The zero-order valence-electron chi connectivity index (χ0n) is 11.6. The molecule has 21 heavy (non-hydrogen) atoms. The van der Waals surface area contributed by atoms with Gasteiger partial charge >= 0.3 is 0 Å². The van der Waals surface area contributed by atoms with Gasteiger partial charge in [-0.2, -0.15) is 5.26 Å². The lowest BCUT2D eigenvalue weighted by Gasteiger charge is -2.06. The maximum absolute atomic E-state index is 8.86. The fourth-order valence-electron chi connectivity index (χ4n) is 2.19. The van der Waals surface area contributed by atoms with Gasteiger partial charge < -0.3 is 0 Å². The first-order chi connectivity index (χ1) is 10.3. The van der Waals surface area contributed by atoms with Gasteiger partial charge in [0.05, 0.1) is 23.0 Å². The Morgan fingerprint density at radius 1 is 0.810 bits per heavy atom. The van der Waals surface area contributed by atoms with E-state index < -0.39 is 0 Å². The van der Waals surface area contributed by atoms with E-state index in [-0.39, 0.29) is 0 Å². The molecule has 2 aromatic carbocycles. The van der Waals surface area contributed by atoms with Crippen LogP contribution in [0.1, 0.15) is 11.4 Å². The van der Waals surface area contributed by atoms with Gasteiger partial charge in [-0.25, -0.2) is 9.97 Å². The molecule has 0 fully saturated rings. The lowest BCUT2D eigenvalue weighted by Crippen LogP contribution is -1.94. The van der Waals surface area contributed by atoms with E-state index in [2.05, 4.69) is 16.0 Å². The van der Waals surface area contributed by atoms with Gasteiger partial charge in [0.15, 0.2) is 0 Å². The molecule has 0 radical (unpaired) electrons. The molecule has 0 bridgehead atoms. The zero-order valence-corrected chi connectivity index (χ0v) is 11.6. The summed E-state index contributed by atoms with van der Waals surface area (Å²) in [6.45, 7) is 1.89. The van der Waals surface area contributed by atoms with Crippen LogP contribution in [0.4, 0.5) is 0 Å². The summed E-state index contributed by atoms with van der Waals surface area (Å²) in [4.78, 5) is 8.99. The molecule has 3 aromatic rings. The molecular formula is C18H13N3. The van der Waals surface area contributed by atoms with Gasteiger partial charge in [-0.1, -0.05) is 42.5 Å². The van der Waals surface area contributed by atoms with Crippen molar-refractivity contribution in [3.05, 3.63) is 72.1 Å². The number of aromatic nitrogens is 2. The number of aryl methyl sites for hydroxylation is 1. The highest BCUT2D eigenvalue weighted by molar-refractivity contribution is 5.68. The van der Waals surface area contributed by atoms with Crippen molar-refractivity contribution in [2.24, 2.45) is 0 Å². The number of rotatable bonds is 2. The Morgan fingerprint density at radius 3 is 1.95 bits per heavy atom. The molecule has 0 spiro atoms. The normalized spacial score (nSPS) is 10.1. The van der Waals surface area contributed by atoms with Crippen LogP contribution in [0, 0.1) is 18.3 Å². The first kappa shape index (κ1) is 13.0. The fraction of sp³-hybridized carbons (Fsp3) is 0.0556. The van der Waals surface area contributed by atoms with Crippen LogP contribution < -0.4 is 0 Å². The largest absolute Gasteiger partial charge is 0.233 e. The first-order valence-corrected chi connectivity index (χ1v) is 6.68. The fourth-order valence-corrected chi connectivity index (χ4v) is 2.19. The molecule has 0 aliphatic heterocycles. The van der Waals surface area contributed by atoms with Gasteiger partial charge in [0.1, 0.15) is 5.82 Å². The van der Waals surface area contributed by atoms with E-state index in [1.165, 1.54) is 0 Å². The predicted octanol–water partition coefficient (Wildman–Crippen LogP) is 3.99. The quantitative estimate of drug-likeness (QED) is 0.708. The molecule has 0 amide bonds. The van der Waals surface area contributed by atoms with Crippen molar-refractivity contribution >= 4 is 0 Å². The summed E-state index contributed by atoms with van der Waals surface area (Å²) in [5, 5.41) is 8.86. The number of hydrogen-bond acceptors (Lipinski definition) is 3. The Balaban J connectivity index is 2.07. The Kier molecular flexibility index (Phi) is 3.44. The summed E-state index contributed by atoms with van der Waals surface area (Å²) in [6.07, 6.45) is 0. The molecule has 3 heteroatoms. The summed E-state index contributed by atoms with van der Waals surface area (Å²) < 4.78 is 0. The van der Waals surface area contributed by atoms with Crippen LogP contribution in [-0.2, 0) is 0 Å². The van der Waals surface area contributed by atoms with E-state index in [4.69, 9.17) is 5.26 Å². The minimum absolute atomic E-state index is 0.646. The van der Waals surface area contributed by atoms with Crippen molar-refractivity contribution in [2.75, 3.05) is 0 Å². The molecule has 3 rings (SSSR count). The Bertz CT molecular complexity index is 800. The summed E-state index contributed by atoms with van der Waals surface area (Å²) in [5.74, 6) is 0.732. The molecule has 0 atom stereocenters. The van der Waals surface area contributed by atoms with Crippen LogP contribution in [-0.4, -0.2) is 9.97 Å². The predicted molar refractivity (Wildman–Crippen MR) is 82.4 cm³/mol. The molecule has 0 aliphatic carbocycles. The number of hydrogen-bond donors (Lipinski definition) is 0. The first-order valence-electron chi connectivity index (χ1n) is 6.68. The minimum atomic E-state index is 0.646. The summed E-state index contributed by atoms with van der Waals surface area (Å²) >= 11 is 0. The van der Waals surface area contributed by atoms with Crippen LogP contribution in [0.15, 0.2) is 60.7 Å². The number of nitrogens with zero attached hydrogens (tertiary/aromatic N) is 3. The van der Waals surface area contributed by atoms with Crippen LogP contribution in [0.2, 0.25) is 0 Å². The second-order valence-electron chi connectivity index (χ2n) is 4.74. The summed E-state index contributed by atoms with van der Waals surface area (Å²) in [5.41, 5.74) is 4.47. The molecule has 0 saturated heterocycles. The molecule has 0 unspecified atom stereocenters. The SMILES string of the molecule is Cc1nc(-c2ccccc2)cc(-c2ccc(C#N)cc2)n1. The Morgan fingerprint density at radius 2 is 1.38 bits per heavy atom. The molecule has 1 heterocycles. The lowest BCUT2D eigenvalue weighted by molar-refractivity contribution is 1.06. The highest BCUT2D eigenvalue weighted by Gasteiger charge is 2.06. The van der Waals surface area contributed by atoms with Gasteiger partial charge in [-0.05, 0) is 25.1 Å². The van der Waals surface area contributed by atoms with E-state index in [0.717, 1.165) is 28.3 Å². The van der Waals surface area contributed by atoms with Gasteiger partial charge in [0.2, 0.25) is 0 Å². The van der Waals surface area contributed by atoms with E-state index >= 15 is 0 Å². The Labute approximate surface area is 123 Å². The Hall–Kier alpha value is -2.99. The second kappa shape index (κ2) is 5.56. The monoisotopic (exact) mass is 271 g/mol. The molecule has 100 valence electrons. The molecule has 0 aliphatic rings. The highest BCUT2D eigenvalue weighted by atomic mass is 14.9. The van der Waals surface area contributed by atoms with E-state index in [1.54, 1.807) is 12.1 Å². The number of nitriles is 1. The van der Waals surface area contributed by atoms with E-state index in [0.29, 0.717) is 5.56 Å². The molecule has 0 saturated carbocycles. The van der Waals surface area contributed by atoms with Crippen molar-refractivity contribution in [1.29, 1.82) is 5.26 Å². The van der Waals surface area contributed by atoms with Crippen molar-refractivity contribution in [1.82, 2.24) is 9.97 Å². The minimum Gasteiger partial charge on any atom is -0.233 e. The van der Waals surface area contributed by atoms with E-state index in [1.807, 2.05) is 55.5 Å². The summed E-state index contributed by atoms with van der Waals surface area (Å²) in [7, 11) is 0. The van der Waals surface area contributed by atoms with Crippen LogP contribution in [0.25, 0.3) is 22.5 Å². The molecule has 1 aromatic heterocycles. The summed E-state index contributed by atoms with van der Waals surface area (Å²) in [6, 6.07) is 21.6. The molecule has 3 nitrogen and oxygen atoms in total. The van der Waals surface area contributed by atoms with Crippen LogP contribution >= 0.6 is 0 Å². The van der Waals surface area contributed by atoms with Gasteiger partial charge in [-0.15, -0.1) is 0 Å². The van der Waals surface area contributed by atoms with Crippen molar-refractivity contribution in [3.8, 4) is 28.6 Å². The van der Waals surface area contributed by atoms with Crippen LogP contribution in [0.5, 0.6) is 0 Å². The van der Waals surface area contributed by atoms with Crippen LogP contribution in [0.3, 0.4) is 0 Å². The maximum Gasteiger partial charge on any atom is 0.126 e. The van der Waals surface area contributed by atoms with Gasteiger partial charge in [0, 0.05) is 11.1 Å². The zero-order chi connectivity index (χ0) is 14.7. The third-order valence-electron chi connectivity index (χ3n) is 3.22. The molecule has 0 N–H and O–H groups in total. The maximum atomic E-state index is 8.86. The van der Waals surface area contributed by atoms with E-state index in [9.17, 15) is 0 Å². The third-order valence-corrected chi connectivity index (χ3v) is 3.22. The average Bonchev–Trinajstić information content (AvgIpc) is 2.55. The lowest BCUT2D eigenvalue weighted by atomic mass is 10.1. The van der Waals surface area contributed by atoms with Crippen molar-refractivity contribution in [2.45, 2.75) is 6.92 Å².